The van der Waals surface area contributed by atoms with Gasteiger partial charge in [-0.2, -0.15) is 0 Å². The number of rotatable bonds is 6. The lowest BCUT2D eigenvalue weighted by molar-refractivity contribution is 0.0672. The first kappa shape index (κ1) is 17.2. The quantitative estimate of drug-likeness (QED) is 0.420. The van der Waals surface area contributed by atoms with E-state index in [0.717, 1.165) is 0 Å². The molecule has 4 nitrogen and oxygen atoms in total. The van der Waals surface area contributed by atoms with E-state index in [4.69, 9.17) is 9.16 Å². The van der Waals surface area contributed by atoms with Crippen LogP contribution in [0.2, 0.25) is 18.1 Å². The van der Waals surface area contributed by atoms with E-state index in [1.54, 1.807) is 13.0 Å². The van der Waals surface area contributed by atoms with Crippen molar-refractivity contribution in [3.63, 3.8) is 0 Å². The van der Waals surface area contributed by atoms with Crippen LogP contribution in [0.4, 0.5) is 4.79 Å². The van der Waals surface area contributed by atoms with Gasteiger partial charge in [-0.25, -0.2) is 4.79 Å². The Labute approximate surface area is 111 Å². The van der Waals surface area contributed by atoms with Crippen LogP contribution in [0.25, 0.3) is 0 Å². The number of carbonyl (C=O) groups excluding carboxylic acids is 1. The predicted molar refractivity (Wildman–Crippen MR) is 75.3 cm³/mol. The molecule has 0 heterocycles. The summed E-state index contributed by atoms with van der Waals surface area (Å²) in [6.07, 6.45) is 3.01. The lowest BCUT2D eigenvalue weighted by atomic mass is 10.2. The van der Waals surface area contributed by atoms with Gasteiger partial charge in [0.05, 0.1) is 13.2 Å². The lowest BCUT2D eigenvalue weighted by Gasteiger charge is -2.35. The minimum Gasteiger partial charge on any atom is -0.435 e. The molecule has 0 aliphatic rings. The summed E-state index contributed by atoms with van der Waals surface area (Å²) in [4.78, 5) is 10.9. The van der Waals surface area contributed by atoms with Crippen molar-refractivity contribution in [1.82, 2.24) is 0 Å². The smallest absolute Gasteiger partial charge is 0.435 e. The van der Waals surface area contributed by atoms with Gasteiger partial charge in [-0.3, -0.25) is 0 Å². The van der Waals surface area contributed by atoms with E-state index in [0.29, 0.717) is 13.2 Å². The van der Waals surface area contributed by atoms with Crippen molar-refractivity contribution in [3.05, 3.63) is 12.2 Å². The number of hydrogen-bond acceptors (Lipinski definition) is 4. The summed E-state index contributed by atoms with van der Waals surface area (Å²) in [5.74, 6) is 0. The first-order valence-corrected chi connectivity index (χ1v) is 9.20. The van der Waals surface area contributed by atoms with Crippen LogP contribution < -0.4 is 0 Å². The van der Waals surface area contributed by atoms with Gasteiger partial charge in [0.25, 0.3) is 0 Å². The molecule has 0 amide bonds. The summed E-state index contributed by atoms with van der Waals surface area (Å²) in [5, 5.41) is 0.211. The third kappa shape index (κ3) is 6.81. The fraction of sp³-hybridized carbons (Fsp3) is 0.769. The van der Waals surface area contributed by atoms with Crippen molar-refractivity contribution < 1.29 is 18.7 Å². The van der Waals surface area contributed by atoms with Crippen molar-refractivity contribution in [1.29, 1.82) is 0 Å². The maximum absolute atomic E-state index is 10.9. The van der Waals surface area contributed by atoms with E-state index in [1.807, 2.05) is 6.08 Å². The molecule has 18 heavy (non-hydrogen) atoms. The first-order valence-electron chi connectivity index (χ1n) is 6.29. The molecule has 0 atom stereocenters. The van der Waals surface area contributed by atoms with E-state index < -0.39 is 14.5 Å². The average Bonchev–Trinajstić information content (AvgIpc) is 2.21. The molecular formula is C13H26O4Si. The van der Waals surface area contributed by atoms with Crippen LogP contribution in [0.5, 0.6) is 0 Å². The molecule has 5 heteroatoms. The van der Waals surface area contributed by atoms with E-state index in [2.05, 4.69) is 38.6 Å². The Hall–Kier alpha value is -0.813. The van der Waals surface area contributed by atoms with Crippen molar-refractivity contribution in [2.45, 2.75) is 45.8 Å². The van der Waals surface area contributed by atoms with Crippen molar-refractivity contribution >= 4 is 14.5 Å². The third-order valence-corrected chi connectivity index (χ3v) is 7.57. The molecule has 0 aliphatic carbocycles. The van der Waals surface area contributed by atoms with Gasteiger partial charge in [-0.05, 0) is 31.1 Å². The highest BCUT2D eigenvalue weighted by Gasteiger charge is 2.36. The predicted octanol–water partition coefficient (Wildman–Crippen LogP) is 3.74. The molecule has 106 valence electrons. The van der Waals surface area contributed by atoms with Gasteiger partial charge >= 0.3 is 6.16 Å². The Morgan fingerprint density at radius 3 is 2.17 bits per heavy atom. The van der Waals surface area contributed by atoms with Crippen LogP contribution in [-0.2, 0) is 13.9 Å². The largest absolute Gasteiger partial charge is 0.508 e. The summed E-state index contributed by atoms with van der Waals surface area (Å²) >= 11 is 0. The molecule has 0 fully saturated rings. The zero-order valence-corrected chi connectivity index (χ0v) is 13.4. The van der Waals surface area contributed by atoms with Crippen LogP contribution in [0.3, 0.4) is 0 Å². The summed E-state index contributed by atoms with van der Waals surface area (Å²) in [5.41, 5.74) is 0. The highest BCUT2D eigenvalue weighted by Crippen LogP contribution is 2.36. The lowest BCUT2D eigenvalue weighted by Crippen LogP contribution is -2.40. The van der Waals surface area contributed by atoms with Gasteiger partial charge in [0.1, 0.15) is 6.61 Å². The SMILES string of the molecule is CCOC(=O)OC/C=C/CO[Si](C)(C)C(C)(C)C. The molecule has 0 spiro atoms. The van der Waals surface area contributed by atoms with E-state index in [9.17, 15) is 4.79 Å². The zero-order valence-electron chi connectivity index (χ0n) is 12.4. The van der Waals surface area contributed by atoms with E-state index >= 15 is 0 Å². The Balaban J connectivity index is 3.82. The Morgan fingerprint density at radius 2 is 1.67 bits per heavy atom. The normalized spacial score (nSPS) is 12.8. The summed E-state index contributed by atoms with van der Waals surface area (Å²) in [7, 11) is -1.68. The molecular weight excluding hydrogens is 248 g/mol. The number of ether oxygens (including phenoxy) is 2. The van der Waals surface area contributed by atoms with E-state index in [1.165, 1.54) is 0 Å². The molecule has 0 unspecified atom stereocenters. The standard InChI is InChI=1S/C13H26O4Si/c1-7-15-12(14)16-10-8-9-11-17-18(5,6)13(2,3)4/h8-9H,7,10-11H2,1-6H3/b9-8+. The van der Waals surface area contributed by atoms with Crippen LogP contribution in [0.1, 0.15) is 27.7 Å². The average molecular weight is 274 g/mol. The van der Waals surface area contributed by atoms with Crippen LogP contribution in [0.15, 0.2) is 12.2 Å². The molecule has 0 saturated heterocycles. The van der Waals surface area contributed by atoms with Gasteiger partial charge in [0.15, 0.2) is 8.32 Å². The molecule has 0 aromatic carbocycles. The summed E-state index contributed by atoms with van der Waals surface area (Å²) in [6.45, 7) is 13.9. The highest BCUT2D eigenvalue weighted by atomic mass is 28.4. The fourth-order valence-corrected chi connectivity index (χ4v) is 1.83. The molecule has 0 aromatic rings. The second kappa shape index (κ2) is 7.58. The number of hydrogen-bond donors (Lipinski definition) is 0. The van der Waals surface area contributed by atoms with Crippen LogP contribution in [-0.4, -0.2) is 34.3 Å². The summed E-state index contributed by atoms with van der Waals surface area (Å²) < 4.78 is 15.3. The second-order valence-corrected chi connectivity index (χ2v) is 10.3. The fourth-order valence-electron chi connectivity index (χ4n) is 0.885. The van der Waals surface area contributed by atoms with Crippen molar-refractivity contribution in [3.8, 4) is 0 Å². The molecule has 0 saturated carbocycles. The molecule has 0 N–H and O–H groups in total. The molecule has 0 bridgehead atoms. The van der Waals surface area contributed by atoms with E-state index in [-0.39, 0.29) is 11.6 Å². The molecule has 0 radical (unpaired) electrons. The maximum Gasteiger partial charge on any atom is 0.508 e. The molecule has 0 rings (SSSR count). The monoisotopic (exact) mass is 274 g/mol. The first-order chi connectivity index (χ1) is 8.20. The Bertz CT molecular complexity index is 279. The minimum absolute atomic E-state index is 0.211. The molecule has 0 aliphatic heterocycles. The second-order valence-electron chi connectivity index (χ2n) is 5.54. The minimum atomic E-state index is -1.68. The topological polar surface area (TPSA) is 44.8 Å². The Kier molecular flexibility index (Phi) is 7.24. The highest BCUT2D eigenvalue weighted by molar-refractivity contribution is 6.74. The van der Waals surface area contributed by atoms with Gasteiger partial charge in [0, 0.05) is 0 Å². The third-order valence-electron chi connectivity index (χ3n) is 3.07. The van der Waals surface area contributed by atoms with Crippen molar-refractivity contribution in [2.75, 3.05) is 19.8 Å². The van der Waals surface area contributed by atoms with Gasteiger partial charge < -0.3 is 13.9 Å². The van der Waals surface area contributed by atoms with Gasteiger partial charge in [-0.15, -0.1) is 0 Å². The van der Waals surface area contributed by atoms with Gasteiger partial charge in [0.2, 0.25) is 0 Å². The maximum atomic E-state index is 10.9. The Morgan fingerprint density at radius 1 is 1.11 bits per heavy atom. The van der Waals surface area contributed by atoms with Crippen LogP contribution >= 0.6 is 0 Å². The van der Waals surface area contributed by atoms with Gasteiger partial charge in [-0.1, -0.05) is 26.8 Å². The zero-order chi connectivity index (χ0) is 14.2. The number of carbonyl (C=O) groups is 1. The van der Waals surface area contributed by atoms with Crippen molar-refractivity contribution in [2.24, 2.45) is 0 Å². The summed E-state index contributed by atoms with van der Waals surface area (Å²) in [6, 6.07) is 0. The molecule has 0 aromatic heterocycles. The van der Waals surface area contributed by atoms with Crippen LogP contribution in [0, 0.1) is 0 Å².